The zero-order valence-electron chi connectivity index (χ0n) is 31.1. The van der Waals surface area contributed by atoms with Crippen molar-refractivity contribution in [3.8, 4) is 45.5 Å². The molecule has 12 aromatic rings. The van der Waals surface area contributed by atoms with Gasteiger partial charge in [0.25, 0.3) is 0 Å². The fourth-order valence-electron chi connectivity index (χ4n) is 8.64. The molecule has 4 aromatic heterocycles. The summed E-state index contributed by atoms with van der Waals surface area (Å²) in [4.78, 5) is 15.1. The molecule has 278 valence electrons. The first-order chi connectivity index (χ1) is 29.0. The van der Waals surface area contributed by atoms with E-state index >= 15 is 0 Å². The number of hydrogen-bond acceptors (Lipinski definition) is 4. The van der Waals surface area contributed by atoms with Crippen molar-refractivity contribution in [2.45, 2.75) is 0 Å². The molecular formula is C51H29F2N5O. The van der Waals surface area contributed by atoms with E-state index in [0.29, 0.717) is 17.4 Å². The number of aromatic nitrogens is 5. The molecule has 0 spiro atoms. The third-order valence-corrected chi connectivity index (χ3v) is 11.3. The molecule has 4 heterocycles. The van der Waals surface area contributed by atoms with Crippen LogP contribution < -0.4 is 0 Å². The van der Waals surface area contributed by atoms with Crippen LogP contribution in [0.5, 0.6) is 0 Å². The smallest absolute Gasteiger partial charge is 0.238 e. The summed E-state index contributed by atoms with van der Waals surface area (Å²) < 4.78 is 40.4. The predicted molar refractivity (Wildman–Crippen MR) is 232 cm³/mol. The lowest BCUT2D eigenvalue weighted by Crippen LogP contribution is -2.06. The first kappa shape index (κ1) is 33.2. The Morgan fingerprint density at radius 3 is 1.75 bits per heavy atom. The van der Waals surface area contributed by atoms with Gasteiger partial charge in [-0.05, 0) is 83.9 Å². The zero-order chi connectivity index (χ0) is 39.2. The quantitative estimate of drug-likeness (QED) is 0.175. The highest BCUT2D eigenvalue weighted by molar-refractivity contribution is 6.18. The van der Waals surface area contributed by atoms with Gasteiger partial charge in [-0.3, -0.25) is 4.57 Å². The molecule has 0 aliphatic heterocycles. The van der Waals surface area contributed by atoms with Gasteiger partial charge >= 0.3 is 0 Å². The lowest BCUT2D eigenvalue weighted by atomic mass is 10.0. The largest absolute Gasteiger partial charge is 0.456 e. The van der Waals surface area contributed by atoms with Gasteiger partial charge in [0.2, 0.25) is 5.95 Å². The fraction of sp³-hybridized carbons (Fsp3) is 0. The molecule has 0 unspecified atom stereocenters. The van der Waals surface area contributed by atoms with Crippen molar-refractivity contribution >= 4 is 65.6 Å². The van der Waals surface area contributed by atoms with Gasteiger partial charge in [-0.15, -0.1) is 0 Å². The van der Waals surface area contributed by atoms with Crippen LogP contribution in [0.1, 0.15) is 0 Å². The molecule has 0 fully saturated rings. The van der Waals surface area contributed by atoms with Crippen molar-refractivity contribution in [3.63, 3.8) is 0 Å². The molecule has 0 N–H and O–H groups in total. The molecule has 0 saturated heterocycles. The Labute approximate surface area is 334 Å². The van der Waals surface area contributed by atoms with Crippen LogP contribution in [0, 0.1) is 11.6 Å². The number of hydrogen-bond donors (Lipinski definition) is 0. The summed E-state index contributed by atoms with van der Waals surface area (Å²) in [6.07, 6.45) is 0. The highest BCUT2D eigenvalue weighted by atomic mass is 19.1. The van der Waals surface area contributed by atoms with Crippen LogP contribution in [0.2, 0.25) is 0 Å². The molecule has 8 heteroatoms. The summed E-state index contributed by atoms with van der Waals surface area (Å²) in [6, 6.07) is 56.9. The highest BCUT2D eigenvalue weighted by Crippen LogP contribution is 2.40. The van der Waals surface area contributed by atoms with Gasteiger partial charge in [-0.1, -0.05) is 91.0 Å². The first-order valence-corrected chi connectivity index (χ1v) is 19.3. The minimum absolute atomic E-state index is 0.135. The third kappa shape index (κ3) is 5.27. The molecule has 0 radical (unpaired) electrons. The lowest BCUT2D eigenvalue weighted by Gasteiger charge is -2.12. The van der Waals surface area contributed by atoms with E-state index in [1.165, 1.54) is 12.1 Å². The molecule has 6 nitrogen and oxygen atoms in total. The SMILES string of the molecule is Fc1cc(F)cc(-c2nc(-c3ccc4c(c3)c3ccccc3n4-c3ccccc3)nc(-n3c4ccc(-c5ccccc5)cc4c4cc5c(cc43)oc3ccccc35)n2)c1. The maximum atomic E-state index is 14.9. The number of halogens is 2. The Hall–Kier alpha value is -7.97. The van der Waals surface area contributed by atoms with Crippen molar-refractivity contribution in [3.05, 3.63) is 188 Å². The summed E-state index contributed by atoms with van der Waals surface area (Å²) in [5, 5.41) is 6.07. The van der Waals surface area contributed by atoms with Crippen molar-refractivity contribution in [2.75, 3.05) is 0 Å². The molecule has 0 saturated carbocycles. The number of nitrogens with zero attached hydrogens (tertiary/aromatic N) is 5. The second kappa shape index (κ2) is 12.8. The van der Waals surface area contributed by atoms with Gasteiger partial charge in [-0.25, -0.2) is 13.8 Å². The van der Waals surface area contributed by atoms with Gasteiger partial charge in [-0.2, -0.15) is 9.97 Å². The van der Waals surface area contributed by atoms with Crippen LogP contribution in [-0.2, 0) is 0 Å². The van der Waals surface area contributed by atoms with Crippen LogP contribution in [0.4, 0.5) is 8.78 Å². The Morgan fingerprint density at radius 1 is 0.356 bits per heavy atom. The first-order valence-electron chi connectivity index (χ1n) is 19.3. The summed E-state index contributed by atoms with van der Waals surface area (Å²) in [5.41, 5.74) is 9.37. The van der Waals surface area contributed by atoms with Gasteiger partial charge in [0.1, 0.15) is 22.8 Å². The van der Waals surface area contributed by atoms with E-state index in [4.69, 9.17) is 19.4 Å². The second-order valence-electron chi connectivity index (χ2n) is 14.8. The van der Waals surface area contributed by atoms with E-state index < -0.39 is 11.6 Å². The molecule has 0 bridgehead atoms. The second-order valence-corrected chi connectivity index (χ2v) is 14.8. The lowest BCUT2D eigenvalue weighted by molar-refractivity contribution is 0.584. The van der Waals surface area contributed by atoms with E-state index in [2.05, 4.69) is 83.4 Å². The van der Waals surface area contributed by atoms with E-state index in [-0.39, 0.29) is 11.4 Å². The zero-order valence-corrected chi connectivity index (χ0v) is 31.1. The van der Waals surface area contributed by atoms with Crippen LogP contribution >= 0.6 is 0 Å². The number of fused-ring (bicyclic) bond motifs is 9. The molecule has 8 aromatic carbocycles. The van der Waals surface area contributed by atoms with Gasteiger partial charge in [0.05, 0.1) is 22.1 Å². The average Bonchev–Trinajstić information content (AvgIpc) is 3.92. The number of furan rings is 1. The van der Waals surface area contributed by atoms with E-state index in [9.17, 15) is 8.78 Å². The average molecular weight is 766 g/mol. The van der Waals surface area contributed by atoms with Crippen molar-refractivity contribution in [1.29, 1.82) is 0 Å². The van der Waals surface area contributed by atoms with Crippen LogP contribution in [-0.4, -0.2) is 24.1 Å². The molecular weight excluding hydrogens is 737 g/mol. The molecule has 59 heavy (non-hydrogen) atoms. The Morgan fingerprint density at radius 2 is 0.949 bits per heavy atom. The maximum Gasteiger partial charge on any atom is 0.238 e. The highest BCUT2D eigenvalue weighted by Gasteiger charge is 2.22. The summed E-state index contributed by atoms with van der Waals surface area (Å²) >= 11 is 0. The summed E-state index contributed by atoms with van der Waals surface area (Å²) in [7, 11) is 0. The maximum absolute atomic E-state index is 14.9. The van der Waals surface area contributed by atoms with Crippen LogP contribution in [0.15, 0.2) is 180 Å². The minimum Gasteiger partial charge on any atom is -0.456 e. The predicted octanol–water partition coefficient (Wildman–Crippen LogP) is 13.2. The number of benzene rings is 8. The van der Waals surface area contributed by atoms with Crippen molar-refractivity contribution < 1.29 is 13.2 Å². The molecule has 12 rings (SSSR count). The topological polar surface area (TPSA) is 61.7 Å². The van der Waals surface area contributed by atoms with E-state index in [1.54, 1.807) is 0 Å². The molecule has 0 amide bonds. The minimum atomic E-state index is -0.726. The summed E-state index contributed by atoms with van der Waals surface area (Å²) in [5.74, 6) is -0.665. The van der Waals surface area contributed by atoms with Gasteiger partial charge in [0.15, 0.2) is 11.6 Å². The Bertz CT molecular complexity index is 3620. The molecule has 0 aliphatic rings. The third-order valence-electron chi connectivity index (χ3n) is 11.3. The Kier molecular flexibility index (Phi) is 7.19. The summed E-state index contributed by atoms with van der Waals surface area (Å²) in [6.45, 7) is 0. The number of para-hydroxylation sites is 3. The van der Waals surface area contributed by atoms with Gasteiger partial charge in [0, 0.05) is 61.3 Å². The van der Waals surface area contributed by atoms with Crippen molar-refractivity contribution in [1.82, 2.24) is 24.1 Å². The van der Waals surface area contributed by atoms with Gasteiger partial charge < -0.3 is 8.98 Å². The molecule has 0 aliphatic carbocycles. The van der Waals surface area contributed by atoms with Crippen LogP contribution in [0.25, 0.3) is 111 Å². The normalized spacial score (nSPS) is 11.9. The van der Waals surface area contributed by atoms with Crippen LogP contribution in [0.3, 0.4) is 0 Å². The van der Waals surface area contributed by atoms with Crippen molar-refractivity contribution in [2.24, 2.45) is 0 Å². The van der Waals surface area contributed by atoms with E-state index in [0.717, 1.165) is 88.4 Å². The fourth-order valence-corrected chi connectivity index (χ4v) is 8.64. The standard InChI is InChI=1S/C51H29F2N5O/c52-34-23-33(24-35(53)27-34)50-54-49(32-20-22-44-39(26-32)37-15-7-9-17-43(37)57(44)36-13-5-2-6-14-36)55-51(56-50)58-45-21-19-31(30-11-3-1-4-12-30)25-40(45)41-28-42-38-16-8-10-18-47(38)59-48(42)29-46(41)58/h1-29H. The number of rotatable bonds is 5. The van der Waals surface area contributed by atoms with E-state index in [1.807, 2.05) is 83.4 Å². The molecule has 0 atom stereocenters. The Balaban J connectivity index is 1.15. The monoisotopic (exact) mass is 765 g/mol.